The van der Waals surface area contributed by atoms with Crippen molar-refractivity contribution in [2.24, 2.45) is 17.2 Å². The molecule has 0 aromatic heterocycles. The summed E-state index contributed by atoms with van der Waals surface area (Å²) < 4.78 is 63.2. The molecule has 0 bridgehead atoms. The van der Waals surface area contributed by atoms with Crippen LogP contribution in [0, 0.1) is 22.3 Å². The third kappa shape index (κ3) is 234. The third-order valence-corrected chi connectivity index (χ3v) is 2.06. The zero-order chi connectivity index (χ0) is 31.0. The fraction of sp³-hybridized carbons (Fsp3) is 0.824. The van der Waals surface area contributed by atoms with Gasteiger partial charge in [-0.2, -0.15) is 22.1 Å². The van der Waals surface area contributed by atoms with Crippen molar-refractivity contribution < 1.29 is 55.5 Å². The number of aliphatic hydroxyl groups excluding tert-OH is 4. The first-order valence-electron chi connectivity index (χ1n) is 8.71. The SMILES string of the molecule is C.C.C.C.CN(CCO)C(=N)N.CN(CCO)C(=N)N.CNCCO.CO.N#CN.O=S(=O)(O)O.O=S(=O)(O)O. The van der Waals surface area contributed by atoms with E-state index in [0.29, 0.717) is 19.6 Å². The average Bonchev–Trinajstić information content (AvgIpc) is 2.69. The van der Waals surface area contributed by atoms with Crippen LogP contribution in [0.4, 0.5) is 0 Å². The van der Waals surface area contributed by atoms with Gasteiger partial charge in [0, 0.05) is 40.8 Å². The molecule has 0 fully saturated rings. The van der Waals surface area contributed by atoms with Crippen LogP contribution >= 0.6 is 0 Å². The Kier molecular flexibility index (Phi) is 93.7. The minimum Gasteiger partial charge on any atom is -0.400 e. The van der Waals surface area contributed by atoms with Crippen molar-refractivity contribution in [1.29, 1.82) is 16.1 Å². The summed E-state index contributed by atoms with van der Waals surface area (Å²) in [6, 6.07) is 0. The van der Waals surface area contributed by atoms with Gasteiger partial charge in [-0.1, -0.05) is 29.7 Å². The molecule has 0 saturated heterocycles. The number of nitrogens with one attached hydrogen (secondary N) is 3. The monoisotopic (exact) mass is 643 g/mol. The molecular formula is C17H57N9O12S2. The second-order valence-electron chi connectivity index (χ2n) is 4.91. The first-order chi connectivity index (χ1) is 16.2. The number of hydrogen-bond acceptors (Lipinski definition) is 13. The van der Waals surface area contributed by atoms with Gasteiger partial charge in [-0.25, -0.2) is 0 Å². The molecule has 0 aromatic rings. The molecule has 0 amide bonds. The Morgan fingerprint density at radius 1 is 0.775 bits per heavy atom. The van der Waals surface area contributed by atoms with Gasteiger partial charge in [-0.3, -0.25) is 29.0 Å². The van der Waals surface area contributed by atoms with Crippen molar-refractivity contribution in [2.75, 3.05) is 67.7 Å². The van der Waals surface area contributed by atoms with E-state index in [0.717, 1.165) is 7.11 Å². The molecule has 0 saturated carbocycles. The standard InChI is InChI=1S/2C4H11N3O.C3H9NO.CH2N2.CH4O.4CH4.2H2O4S/c2*1-7(2-3-8)4(5)6;1-4-2-3-5;2-1-3;1-2;;;;;2*1-5(2,3)4/h2*8H,2-3H2,1H3,(H3,5,6);4-5H,2-3H2,1H3;2H2;2H,1H3;4*1H4;2*(H2,1,2,3,4). The smallest absolute Gasteiger partial charge is 0.394 e. The fourth-order valence-corrected chi connectivity index (χ4v) is 0.653. The van der Waals surface area contributed by atoms with E-state index in [4.69, 9.17) is 83.0 Å². The Bertz CT molecular complexity index is 654. The highest BCUT2D eigenvalue weighted by molar-refractivity contribution is 7.80. The Morgan fingerprint density at radius 3 is 0.975 bits per heavy atom. The van der Waals surface area contributed by atoms with Gasteiger partial charge < -0.3 is 52.7 Å². The molecule has 0 heterocycles. The second-order valence-corrected chi connectivity index (χ2v) is 6.70. The highest BCUT2D eigenvalue weighted by atomic mass is 32.3. The van der Waals surface area contributed by atoms with E-state index in [1.54, 1.807) is 21.1 Å². The summed E-state index contributed by atoms with van der Waals surface area (Å²) in [6.45, 7) is 1.85. The molecule has 0 atom stereocenters. The largest absolute Gasteiger partial charge is 0.400 e. The Balaban J connectivity index is -0.0000000277. The molecule has 21 nitrogen and oxygen atoms in total. The maximum atomic E-state index is 8.74. The minimum absolute atomic E-state index is 0. The lowest BCUT2D eigenvalue weighted by atomic mass is 10.6. The molecule has 0 radical (unpaired) electrons. The maximum absolute atomic E-state index is 8.74. The van der Waals surface area contributed by atoms with E-state index < -0.39 is 20.8 Å². The molecule has 23 heteroatoms. The average molecular weight is 644 g/mol. The highest BCUT2D eigenvalue weighted by Crippen LogP contribution is 1.75. The van der Waals surface area contributed by atoms with Gasteiger partial charge in [0.2, 0.25) is 0 Å². The molecule has 0 aliphatic carbocycles. The topological polar surface area (TPSA) is 398 Å². The van der Waals surface area contributed by atoms with E-state index in [1.807, 2.05) is 0 Å². The van der Waals surface area contributed by atoms with Crippen molar-refractivity contribution in [2.45, 2.75) is 29.7 Å². The van der Waals surface area contributed by atoms with Crippen molar-refractivity contribution >= 4 is 32.7 Å². The molecule has 0 aliphatic rings. The van der Waals surface area contributed by atoms with Gasteiger partial charge in [-0.15, -0.1) is 0 Å². The molecule has 0 aromatic carbocycles. The van der Waals surface area contributed by atoms with Gasteiger partial charge in [-0.05, 0) is 7.05 Å². The van der Waals surface area contributed by atoms with E-state index in [9.17, 15) is 0 Å². The summed E-state index contributed by atoms with van der Waals surface area (Å²) in [5, 5.41) is 55.0. The van der Waals surface area contributed by atoms with Crippen LogP contribution in [0.1, 0.15) is 29.7 Å². The van der Waals surface area contributed by atoms with Crippen molar-refractivity contribution in [3.05, 3.63) is 0 Å². The Morgan fingerprint density at radius 2 is 0.950 bits per heavy atom. The fourth-order valence-electron chi connectivity index (χ4n) is 0.653. The summed E-state index contributed by atoms with van der Waals surface area (Å²) in [4.78, 5) is 2.92. The van der Waals surface area contributed by atoms with E-state index in [2.05, 4.69) is 11.1 Å². The van der Waals surface area contributed by atoms with Crippen molar-refractivity contribution in [1.82, 2.24) is 15.1 Å². The highest BCUT2D eigenvalue weighted by Gasteiger charge is 1.95. The van der Waals surface area contributed by atoms with Crippen LogP contribution in [0.2, 0.25) is 0 Å². The lowest BCUT2D eigenvalue weighted by Crippen LogP contribution is -2.34. The van der Waals surface area contributed by atoms with E-state index in [-0.39, 0.29) is 61.4 Å². The van der Waals surface area contributed by atoms with Crippen LogP contribution in [0.5, 0.6) is 0 Å². The zero-order valence-electron chi connectivity index (χ0n) is 20.3. The van der Waals surface area contributed by atoms with Gasteiger partial charge in [0.15, 0.2) is 18.1 Å². The zero-order valence-corrected chi connectivity index (χ0v) is 22.0. The van der Waals surface area contributed by atoms with Gasteiger partial charge in [0.05, 0.1) is 19.8 Å². The number of likely N-dealkylation sites (N-methyl/N-ethyl adjacent to an activating group) is 3. The van der Waals surface area contributed by atoms with Gasteiger partial charge in [0.25, 0.3) is 0 Å². The molecule has 40 heavy (non-hydrogen) atoms. The van der Waals surface area contributed by atoms with Crippen LogP contribution in [0.15, 0.2) is 0 Å². The van der Waals surface area contributed by atoms with Crippen LogP contribution in [0.3, 0.4) is 0 Å². The molecule has 254 valence electrons. The molecule has 17 N–H and O–H groups in total. The van der Waals surface area contributed by atoms with Crippen molar-refractivity contribution in [3.63, 3.8) is 0 Å². The lowest BCUT2D eigenvalue weighted by Gasteiger charge is -2.13. The van der Waals surface area contributed by atoms with Crippen molar-refractivity contribution in [3.8, 4) is 6.19 Å². The number of hydrogen-bond donors (Lipinski definition) is 14. The quantitative estimate of drug-likeness (QED) is 0.0452. The first kappa shape index (κ1) is 71.1. The summed E-state index contributed by atoms with van der Waals surface area (Å²) in [5.74, 6) is -0.0295. The number of guanidine groups is 2. The van der Waals surface area contributed by atoms with Crippen LogP contribution in [-0.4, -0.2) is 145 Å². The predicted octanol–water partition coefficient (Wildman–Crippen LogP) is -2.92. The number of nitriles is 1. The molecule has 0 unspecified atom stereocenters. The van der Waals surface area contributed by atoms with Crippen LogP contribution < -0.4 is 22.5 Å². The molecular weight excluding hydrogens is 586 g/mol. The third-order valence-electron chi connectivity index (χ3n) is 2.06. The number of nitrogens with zero attached hydrogens (tertiary/aromatic N) is 3. The Hall–Kier alpha value is -2.63. The summed E-state index contributed by atoms with van der Waals surface area (Å²) in [7, 11) is -3.23. The lowest BCUT2D eigenvalue weighted by molar-refractivity contribution is 0.262. The number of aliphatic hydroxyl groups is 4. The Labute approximate surface area is 240 Å². The van der Waals surface area contributed by atoms with Crippen LogP contribution in [-0.2, 0) is 20.8 Å². The van der Waals surface area contributed by atoms with E-state index in [1.165, 1.54) is 16.0 Å². The molecule has 0 aliphatic heterocycles. The van der Waals surface area contributed by atoms with Crippen LogP contribution in [0.25, 0.3) is 0 Å². The predicted molar refractivity (Wildman–Crippen MR) is 157 cm³/mol. The summed E-state index contributed by atoms with van der Waals surface area (Å²) in [6.07, 6.45) is 1.25. The second kappa shape index (κ2) is 52.7. The molecule has 0 rings (SSSR count). The maximum Gasteiger partial charge on any atom is 0.394 e. The van der Waals surface area contributed by atoms with Gasteiger partial charge >= 0.3 is 20.8 Å². The summed E-state index contributed by atoms with van der Waals surface area (Å²) in [5.41, 5.74) is 14.2. The summed E-state index contributed by atoms with van der Waals surface area (Å²) >= 11 is 0. The minimum atomic E-state index is -4.67. The van der Waals surface area contributed by atoms with E-state index >= 15 is 0 Å². The normalized spacial score (nSPS) is 7.78. The first-order valence-corrected chi connectivity index (χ1v) is 11.5. The number of nitrogens with two attached hydrogens (primary N) is 3. The number of rotatable bonds is 6. The van der Waals surface area contributed by atoms with Gasteiger partial charge in [0.1, 0.15) is 0 Å². The molecule has 0 spiro atoms.